The molecule has 3 aliphatic heterocycles. The van der Waals surface area contributed by atoms with Crippen LogP contribution in [-0.2, 0) is 26.8 Å². The first-order valence-electron chi connectivity index (χ1n) is 17.3. The standard InChI is InChI=1S/C27H32N2O8S2.C9H16N2/c1-5-21(17-27-29(10-12-39(33,34)35)22-13-18(2)7-8-24(22)36-27)16-26-28(9-6-11-38(30,31)32)23-14-19(3)20(4)15-25(23)37-26;1-2-5-9-10-6-4-8-11(9)7-3-1/h7-8,13-17H,5-6,9-12H2,1-4H3,(H-,30,31,32,33,34,35);1-8H2. The van der Waals surface area contributed by atoms with Crippen molar-refractivity contribution in [1.82, 2.24) is 5.32 Å². The van der Waals surface area contributed by atoms with Crippen molar-refractivity contribution < 1.29 is 44.2 Å². The predicted octanol–water partition coefficient (Wildman–Crippen LogP) is 4.62. The zero-order chi connectivity index (χ0) is 36.1. The molecule has 272 valence electrons. The molecule has 0 bridgehead atoms. The van der Waals surface area contributed by atoms with Crippen LogP contribution in [0.3, 0.4) is 0 Å². The summed E-state index contributed by atoms with van der Waals surface area (Å²) in [7, 11) is -8.81. The van der Waals surface area contributed by atoms with Crippen molar-refractivity contribution in [2.24, 2.45) is 0 Å². The summed E-state index contributed by atoms with van der Waals surface area (Å²) in [5, 5.41) is 3.50. The molecule has 6 rings (SSSR count). The zero-order valence-corrected chi connectivity index (χ0v) is 31.0. The van der Waals surface area contributed by atoms with Crippen LogP contribution in [0.4, 0.5) is 5.69 Å². The largest absolute Gasteiger partial charge is 0.748 e. The number of hydrogen-bond acceptors (Lipinski definition) is 10. The van der Waals surface area contributed by atoms with Gasteiger partial charge < -0.3 is 23.2 Å². The zero-order valence-electron chi connectivity index (χ0n) is 29.4. The minimum atomic E-state index is -4.45. The van der Waals surface area contributed by atoms with E-state index in [-0.39, 0.29) is 19.5 Å². The second-order valence-corrected chi connectivity index (χ2v) is 16.2. The second kappa shape index (κ2) is 16.1. The summed E-state index contributed by atoms with van der Waals surface area (Å²) in [6, 6.07) is 9.42. The predicted molar refractivity (Wildman–Crippen MR) is 191 cm³/mol. The number of amidine groups is 1. The van der Waals surface area contributed by atoms with Gasteiger partial charge in [0.05, 0.1) is 57.4 Å². The van der Waals surface area contributed by atoms with Crippen LogP contribution < -0.4 is 19.5 Å². The number of fused-ring (bicyclic) bond motifs is 2. The molecule has 0 atom stereocenters. The molecule has 0 aliphatic carbocycles. The number of benzene rings is 2. The molecule has 0 saturated heterocycles. The summed E-state index contributed by atoms with van der Waals surface area (Å²) in [6.07, 6.45) is 11.1. The third kappa shape index (κ3) is 9.95. The van der Waals surface area contributed by atoms with Crippen LogP contribution >= 0.6 is 0 Å². The summed E-state index contributed by atoms with van der Waals surface area (Å²) >= 11 is 0. The molecule has 3 aliphatic rings. The molecule has 0 fully saturated rings. The van der Waals surface area contributed by atoms with Crippen LogP contribution in [0, 0.1) is 20.8 Å². The Morgan fingerprint density at radius 3 is 2.44 bits per heavy atom. The van der Waals surface area contributed by atoms with Gasteiger partial charge in [0.1, 0.15) is 0 Å². The number of nitrogens with zero attached hydrogens (tertiary/aromatic N) is 3. The maximum Gasteiger partial charge on any atom is 0.374 e. The lowest BCUT2D eigenvalue weighted by Crippen LogP contribution is -2.40. The Morgan fingerprint density at radius 2 is 1.70 bits per heavy atom. The Labute approximate surface area is 295 Å². The second-order valence-electron chi connectivity index (χ2n) is 13.2. The van der Waals surface area contributed by atoms with Crippen molar-refractivity contribution in [1.29, 1.82) is 0 Å². The number of ether oxygens (including phenoxy) is 1. The molecule has 0 spiro atoms. The Bertz CT molecular complexity index is 2010. The lowest BCUT2D eigenvalue weighted by molar-refractivity contribution is -0.677. The highest BCUT2D eigenvalue weighted by atomic mass is 32.2. The summed E-state index contributed by atoms with van der Waals surface area (Å²) in [5.74, 6) is 1.83. The third-order valence-corrected chi connectivity index (χ3v) is 10.7. The molecule has 0 amide bonds. The van der Waals surface area contributed by atoms with Crippen molar-refractivity contribution in [3.05, 3.63) is 70.4 Å². The highest BCUT2D eigenvalue weighted by Gasteiger charge is 2.28. The third-order valence-electron chi connectivity index (χ3n) is 9.26. The van der Waals surface area contributed by atoms with Crippen molar-refractivity contribution in [3.8, 4) is 5.75 Å². The van der Waals surface area contributed by atoms with Crippen molar-refractivity contribution in [3.63, 3.8) is 0 Å². The van der Waals surface area contributed by atoms with E-state index in [1.165, 1.54) is 57.6 Å². The van der Waals surface area contributed by atoms with Crippen LogP contribution in [0.5, 0.6) is 5.75 Å². The minimum absolute atomic E-state index is 0.0715. The number of hydrogen-bond donors (Lipinski definition) is 1. The molecule has 50 heavy (non-hydrogen) atoms. The van der Waals surface area contributed by atoms with E-state index < -0.39 is 31.7 Å². The quantitative estimate of drug-likeness (QED) is 0.231. The number of rotatable bonds is 10. The summed E-state index contributed by atoms with van der Waals surface area (Å²) in [6.45, 7) is 11.8. The number of oxazole rings is 1. The van der Waals surface area contributed by atoms with Gasteiger partial charge in [-0.15, -0.1) is 0 Å². The molecular weight excluding hydrogens is 681 g/mol. The number of nitrogens with one attached hydrogen (secondary N) is 1. The fourth-order valence-electron chi connectivity index (χ4n) is 6.42. The number of anilines is 1. The SMILES string of the molecule is C1CCC2=[N+](CC1)CCCN2.CCC(/C=C1\Oc2ccc(C)cc2N1CCS(=O)(=O)[O-])=C\c1oc2cc(C)c(C)cc2[n+]1CCCS(=O)(=O)[O-]. The fourth-order valence-corrected chi connectivity index (χ4v) is 7.31. The highest BCUT2D eigenvalue weighted by molar-refractivity contribution is 7.85. The number of aryl methyl sites for hydroxylation is 4. The van der Waals surface area contributed by atoms with Crippen LogP contribution in [0.25, 0.3) is 17.2 Å². The molecule has 0 radical (unpaired) electrons. The van der Waals surface area contributed by atoms with Gasteiger partial charge in [-0.05, 0) is 86.9 Å². The van der Waals surface area contributed by atoms with Gasteiger partial charge in [0.25, 0.3) is 5.52 Å². The normalized spacial score (nSPS) is 17.5. The molecule has 2 aromatic carbocycles. The van der Waals surface area contributed by atoms with Gasteiger partial charge in [-0.3, -0.25) is 9.89 Å². The number of allylic oxidation sites excluding steroid dienone is 2. The van der Waals surface area contributed by atoms with E-state index in [9.17, 15) is 25.9 Å². The fraction of sp³-hybridized carbons (Fsp3) is 0.500. The van der Waals surface area contributed by atoms with Crippen LogP contribution in [0.2, 0.25) is 0 Å². The molecule has 3 aromatic rings. The molecule has 1 N–H and O–H groups in total. The highest BCUT2D eigenvalue weighted by Crippen LogP contribution is 2.40. The van der Waals surface area contributed by atoms with Crippen molar-refractivity contribution >= 4 is 48.9 Å². The van der Waals surface area contributed by atoms with Gasteiger partial charge in [-0.2, -0.15) is 4.57 Å². The van der Waals surface area contributed by atoms with Gasteiger partial charge in [0, 0.05) is 43.7 Å². The van der Waals surface area contributed by atoms with Gasteiger partial charge >= 0.3 is 5.89 Å². The van der Waals surface area contributed by atoms with E-state index in [0.29, 0.717) is 35.2 Å². The summed E-state index contributed by atoms with van der Waals surface area (Å²) < 4.78 is 84.4. The average Bonchev–Trinajstić information content (AvgIpc) is 3.42. The number of aromatic nitrogens is 1. The van der Waals surface area contributed by atoms with Gasteiger partial charge in [0.15, 0.2) is 12.3 Å². The van der Waals surface area contributed by atoms with Crippen LogP contribution in [0.15, 0.2) is 52.3 Å². The van der Waals surface area contributed by atoms with E-state index in [1.807, 2.05) is 62.6 Å². The van der Waals surface area contributed by atoms with Crippen molar-refractivity contribution in [2.45, 2.75) is 79.2 Å². The molecule has 1 aromatic heterocycles. The molecule has 14 heteroatoms. The van der Waals surface area contributed by atoms with Crippen LogP contribution in [-0.4, -0.2) is 74.0 Å². The Hall–Kier alpha value is -3.72. The van der Waals surface area contributed by atoms with E-state index in [0.717, 1.165) is 27.8 Å². The topological polar surface area (TPSA) is 159 Å². The monoisotopic (exact) mass is 728 g/mol. The summed E-state index contributed by atoms with van der Waals surface area (Å²) in [4.78, 5) is 1.67. The van der Waals surface area contributed by atoms with E-state index >= 15 is 0 Å². The van der Waals surface area contributed by atoms with E-state index in [2.05, 4.69) is 9.89 Å². The smallest absolute Gasteiger partial charge is 0.374 e. The Morgan fingerprint density at radius 1 is 0.960 bits per heavy atom. The first-order valence-corrected chi connectivity index (χ1v) is 20.5. The van der Waals surface area contributed by atoms with E-state index in [4.69, 9.17) is 9.15 Å². The molecule has 0 unspecified atom stereocenters. The van der Waals surface area contributed by atoms with Crippen LogP contribution in [0.1, 0.15) is 74.5 Å². The Kier molecular flexibility index (Phi) is 12.1. The Balaban J connectivity index is 0.000000371. The molecule has 4 heterocycles. The first-order chi connectivity index (χ1) is 23.7. The molecule has 0 saturated carbocycles. The summed E-state index contributed by atoms with van der Waals surface area (Å²) in [5.41, 5.74) is 5.88. The van der Waals surface area contributed by atoms with Crippen molar-refractivity contribution in [2.75, 3.05) is 42.6 Å². The lowest BCUT2D eigenvalue weighted by Gasteiger charge is -2.20. The van der Waals surface area contributed by atoms with Gasteiger partial charge in [0.2, 0.25) is 17.3 Å². The molecular formula is C36H48N4O8S2. The maximum absolute atomic E-state index is 11.4. The van der Waals surface area contributed by atoms with Gasteiger partial charge in [-0.25, -0.2) is 16.8 Å². The molecule has 12 nitrogen and oxygen atoms in total. The first kappa shape index (κ1) is 37.5. The lowest BCUT2D eigenvalue weighted by atomic mass is 10.1. The average molecular weight is 729 g/mol. The maximum atomic E-state index is 11.4. The minimum Gasteiger partial charge on any atom is -0.748 e. The van der Waals surface area contributed by atoms with E-state index in [1.54, 1.807) is 17.0 Å². The van der Waals surface area contributed by atoms with Gasteiger partial charge in [-0.1, -0.05) is 13.0 Å².